The number of nitrogens with one attached hydrogen (secondary N) is 2. The van der Waals surface area contributed by atoms with Crippen LogP contribution in [0, 0.1) is 5.92 Å². The number of rotatable bonds is 2. The predicted octanol–water partition coefficient (Wildman–Crippen LogP) is 1.80. The molecule has 0 aromatic heterocycles. The van der Waals surface area contributed by atoms with Crippen molar-refractivity contribution in [1.29, 1.82) is 0 Å². The lowest BCUT2D eigenvalue weighted by atomic mass is 9.83. The maximum Gasteiger partial charge on any atom is 0.227 e. The van der Waals surface area contributed by atoms with E-state index in [4.69, 9.17) is 0 Å². The van der Waals surface area contributed by atoms with E-state index in [-0.39, 0.29) is 11.8 Å². The molecule has 3 saturated heterocycles. The third-order valence-corrected chi connectivity index (χ3v) is 5.38. The molecule has 0 saturated carbocycles. The average Bonchev–Trinajstić information content (AvgIpc) is 2.55. The number of hydrogen-bond donors (Lipinski definition) is 2. The maximum absolute atomic E-state index is 12.7. The van der Waals surface area contributed by atoms with E-state index >= 15 is 0 Å². The third kappa shape index (κ3) is 2.42. The Bertz CT molecular complexity index is 537. The highest BCUT2D eigenvalue weighted by Crippen LogP contribution is 2.33. The zero-order valence-electron chi connectivity index (χ0n) is 12.3. The number of benzene rings is 1. The first kappa shape index (κ1) is 13.1. The molecule has 4 heterocycles. The highest BCUT2D eigenvalue weighted by Gasteiger charge is 2.36. The highest BCUT2D eigenvalue weighted by molar-refractivity contribution is 5.86. The smallest absolute Gasteiger partial charge is 0.227 e. The van der Waals surface area contributed by atoms with Gasteiger partial charge in [-0.2, -0.15) is 0 Å². The number of carbonyl (C=O) groups is 1. The summed E-state index contributed by atoms with van der Waals surface area (Å²) in [6.45, 7) is 4.36. The SMILES string of the molecule is O=C(NC1CN2CCC1CC2)C1CCNc2ccccc21. The van der Waals surface area contributed by atoms with Gasteiger partial charge in [0.05, 0.1) is 5.92 Å². The summed E-state index contributed by atoms with van der Waals surface area (Å²) in [5.41, 5.74) is 2.28. The van der Waals surface area contributed by atoms with Crippen molar-refractivity contribution in [1.82, 2.24) is 10.2 Å². The second-order valence-electron chi connectivity index (χ2n) is 6.61. The minimum absolute atomic E-state index is 0.0119. The number of piperidine rings is 3. The van der Waals surface area contributed by atoms with Crippen molar-refractivity contribution >= 4 is 11.6 Å². The molecule has 5 rings (SSSR count). The van der Waals surface area contributed by atoms with Crippen LogP contribution in [-0.4, -0.2) is 43.0 Å². The van der Waals surface area contributed by atoms with Crippen LogP contribution in [-0.2, 0) is 4.79 Å². The van der Waals surface area contributed by atoms with Gasteiger partial charge in [0.15, 0.2) is 0 Å². The molecule has 4 aliphatic rings. The lowest BCUT2D eigenvalue weighted by Crippen LogP contribution is -2.57. The largest absolute Gasteiger partial charge is 0.385 e. The Balaban J connectivity index is 1.49. The van der Waals surface area contributed by atoms with Crippen molar-refractivity contribution in [2.24, 2.45) is 5.92 Å². The van der Waals surface area contributed by atoms with Gasteiger partial charge >= 0.3 is 0 Å². The Morgan fingerprint density at radius 3 is 2.76 bits per heavy atom. The van der Waals surface area contributed by atoms with E-state index in [9.17, 15) is 4.79 Å². The molecule has 4 heteroatoms. The van der Waals surface area contributed by atoms with Crippen molar-refractivity contribution < 1.29 is 4.79 Å². The Labute approximate surface area is 125 Å². The number of para-hydroxylation sites is 1. The monoisotopic (exact) mass is 285 g/mol. The fourth-order valence-electron chi connectivity index (χ4n) is 4.15. The summed E-state index contributed by atoms with van der Waals surface area (Å²) in [4.78, 5) is 15.2. The Kier molecular flexibility index (Phi) is 3.34. The normalized spacial score (nSPS) is 33.9. The zero-order valence-corrected chi connectivity index (χ0v) is 12.3. The van der Waals surface area contributed by atoms with Crippen molar-refractivity contribution in [2.45, 2.75) is 31.2 Å². The van der Waals surface area contributed by atoms with Crippen LogP contribution in [0.25, 0.3) is 0 Å². The van der Waals surface area contributed by atoms with E-state index in [1.165, 1.54) is 25.9 Å². The van der Waals surface area contributed by atoms with Gasteiger partial charge in [0.25, 0.3) is 0 Å². The molecular weight excluding hydrogens is 262 g/mol. The van der Waals surface area contributed by atoms with E-state index in [1.807, 2.05) is 12.1 Å². The van der Waals surface area contributed by atoms with Crippen LogP contribution >= 0.6 is 0 Å². The second-order valence-corrected chi connectivity index (χ2v) is 6.61. The molecule has 112 valence electrons. The molecule has 21 heavy (non-hydrogen) atoms. The second kappa shape index (κ2) is 5.34. The Morgan fingerprint density at radius 2 is 2.00 bits per heavy atom. The summed E-state index contributed by atoms with van der Waals surface area (Å²) in [5.74, 6) is 0.927. The lowest BCUT2D eigenvalue weighted by molar-refractivity contribution is -0.124. The Hall–Kier alpha value is -1.55. The van der Waals surface area contributed by atoms with Crippen molar-refractivity contribution in [3.63, 3.8) is 0 Å². The topological polar surface area (TPSA) is 44.4 Å². The molecule has 4 aliphatic heterocycles. The van der Waals surface area contributed by atoms with Crippen LogP contribution in [0.15, 0.2) is 24.3 Å². The molecule has 2 bridgehead atoms. The summed E-state index contributed by atoms with van der Waals surface area (Å²) in [6, 6.07) is 8.58. The van der Waals surface area contributed by atoms with Crippen LogP contribution in [0.4, 0.5) is 5.69 Å². The van der Waals surface area contributed by atoms with E-state index in [2.05, 4.69) is 27.7 Å². The average molecular weight is 285 g/mol. The van der Waals surface area contributed by atoms with Gasteiger partial charge in [-0.25, -0.2) is 0 Å². The summed E-state index contributed by atoms with van der Waals surface area (Å²) in [6.07, 6.45) is 3.38. The number of carbonyl (C=O) groups excluding carboxylic acids is 1. The first-order valence-electron chi connectivity index (χ1n) is 8.17. The van der Waals surface area contributed by atoms with Gasteiger partial charge in [0, 0.05) is 24.8 Å². The fraction of sp³-hybridized carbons (Fsp3) is 0.588. The molecule has 0 spiro atoms. The minimum Gasteiger partial charge on any atom is -0.385 e. The summed E-state index contributed by atoms with van der Waals surface area (Å²) in [7, 11) is 0. The molecule has 1 amide bonds. The van der Waals surface area contributed by atoms with E-state index < -0.39 is 0 Å². The molecular formula is C17H23N3O. The maximum atomic E-state index is 12.7. The number of fused-ring (bicyclic) bond motifs is 4. The van der Waals surface area contributed by atoms with Gasteiger partial charge in [0.1, 0.15) is 0 Å². The number of anilines is 1. The molecule has 3 fully saturated rings. The molecule has 1 aromatic rings. The van der Waals surface area contributed by atoms with Gasteiger partial charge in [-0.3, -0.25) is 4.79 Å². The molecule has 1 aromatic carbocycles. The van der Waals surface area contributed by atoms with Crippen molar-refractivity contribution in [2.75, 3.05) is 31.5 Å². The highest BCUT2D eigenvalue weighted by atomic mass is 16.2. The van der Waals surface area contributed by atoms with E-state index in [0.29, 0.717) is 12.0 Å². The van der Waals surface area contributed by atoms with Crippen molar-refractivity contribution in [3.8, 4) is 0 Å². The van der Waals surface area contributed by atoms with Crippen LogP contribution in [0.1, 0.15) is 30.7 Å². The van der Waals surface area contributed by atoms with Crippen LogP contribution in [0.3, 0.4) is 0 Å². The fourth-order valence-corrected chi connectivity index (χ4v) is 4.15. The van der Waals surface area contributed by atoms with Crippen LogP contribution in [0.5, 0.6) is 0 Å². The zero-order chi connectivity index (χ0) is 14.2. The molecule has 2 atom stereocenters. The predicted molar refractivity (Wildman–Crippen MR) is 83.4 cm³/mol. The van der Waals surface area contributed by atoms with Gasteiger partial charge in [-0.15, -0.1) is 0 Å². The van der Waals surface area contributed by atoms with Crippen LogP contribution < -0.4 is 10.6 Å². The number of hydrogen-bond acceptors (Lipinski definition) is 3. The summed E-state index contributed by atoms with van der Waals surface area (Å²) >= 11 is 0. The minimum atomic E-state index is 0.0119. The van der Waals surface area contributed by atoms with E-state index in [0.717, 1.165) is 30.8 Å². The first-order chi connectivity index (χ1) is 10.3. The standard InChI is InChI=1S/C17H23N3O/c21-17(19-16-11-20-9-6-12(16)7-10-20)14-5-8-18-15-4-2-1-3-13(14)15/h1-4,12,14,16,18H,5-11H2,(H,19,21). The summed E-state index contributed by atoms with van der Waals surface area (Å²) in [5, 5.41) is 6.74. The first-order valence-corrected chi connectivity index (χ1v) is 8.17. The summed E-state index contributed by atoms with van der Waals surface area (Å²) < 4.78 is 0. The quantitative estimate of drug-likeness (QED) is 0.871. The van der Waals surface area contributed by atoms with E-state index in [1.54, 1.807) is 0 Å². The van der Waals surface area contributed by atoms with Gasteiger partial charge < -0.3 is 15.5 Å². The molecule has 2 unspecified atom stereocenters. The van der Waals surface area contributed by atoms with Gasteiger partial charge in [-0.05, 0) is 49.9 Å². The van der Waals surface area contributed by atoms with Crippen molar-refractivity contribution in [3.05, 3.63) is 29.8 Å². The van der Waals surface area contributed by atoms with Gasteiger partial charge in [-0.1, -0.05) is 18.2 Å². The number of nitrogens with zero attached hydrogens (tertiary/aromatic N) is 1. The lowest BCUT2D eigenvalue weighted by Gasteiger charge is -2.45. The van der Waals surface area contributed by atoms with Gasteiger partial charge in [0.2, 0.25) is 5.91 Å². The molecule has 2 N–H and O–H groups in total. The third-order valence-electron chi connectivity index (χ3n) is 5.38. The van der Waals surface area contributed by atoms with Crippen LogP contribution in [0.2, 0.25) is 0 Å². The number of amides is 1. The molecule has 4 nitrogen and oxygen atoms in total. The molecule has 0 radical (unpaired) electrons. The Morgan fingerprint density at radius 1 is 1.19 bits per heavy atom. The molecule has 0 aliphatic carbocycles.